The Bertz CT molecular complexity index is 468. The van der Waals surface area contributed by atoms with Crippen LogP contribution in [0.4, 0.5) is 4.79 Å². The van der Waals surface area contributed by atoms with Gasteiger partial charge in [0, 0.05) is 38.0 Å². The molecule has 0 saturated carbocycles. The number of aliphatic carboxylic acids is 1. The van der Waals surface area contributed by atoms with Crippen LogP contribution < -0.4 is 10.6 Å². The van der Waals surface area contributed by atoms with Gasteiger partial charge < -0.3 is 25.0 Å². The summed E-state index contributed by atoms with van der Waals surface area (Å²) in [6, 6.07) is -0.664. The molecule has 2 rings (SSSR count). The number of carbonyl (C=O) groups is 2. The van der Waals surface area contributed by atoms with Gasteiger partial charge in [0.1, 0.15) is 0 Å². The van der Waals surface area contributed by atoms with E-state index in [-0.39, 0.29) is 19.1 Å². The number of urea groups is 1. The predicted molar refractivity (Wildman–Crippen MR) is 69.2 cm³/mol. The number of nitrogens with zero attached hydrogens (tertiary/aromatic N) is 2. The smallest absolute Gasteiger partial charge is 0.332 e. The molecule has 1 aromatic rings. The van der Waals surface area contributed by atoms with Crippen molar-refractivity contribution >= 4 is 12.0 Å². The molecule has 20 heavy (non-hydrogen) atoms. The average molecular weight is 282 g/mol. The zero-order chi connectivity index (χ0) is 14.6. The molecule has 8 heteroatoms. The Labute approximate surface area is 116 Å². The van der Waals surface area contributed by atoms with Crippen LogP contribution in [0.3, 0.4) is 0 Å². The maximum Gasteiger partial charge on any atom is 0.332 e. The number of nitrogens with one attached hydrogen (secondary N) is 2. The van der Waals surface area contributed by atoms with Crippen LogP contribution in [-0.4, -0.2) is 51.5 Å². The summed E-state index contributed by atoms with van der Waals surface area (Å²) in [7, 11) is 0. The summed E-state index contributed by atoms with van der Waals surface area (Å²) in [6.45, 7) is 2.71. The molecule has 1 aromatic heterocycles. The summed E-state index contributed by atoms with van der Waals surface area (Å²) in [5, 5.41) is 14.4. The number of imidazole rings is 1. The number of carbonyl (C=O) groups excluding carboxylic acids is 1. The third-order valence-electron chi connectivity index (χ3n) is 3.21. The molecule has 1 aliphatic heterocycles. The molecule has 2 atom stereocenters. The first-order valence-electron chi connectivity index (χ1n) is 6.37. The number of carboxylic acid groups (broad SMARTS) is 1. The molecule has 1 saturated heterocycles. The van der Waals surface area contributed by atoms with E-state index in [4.69, 9.17) is 4.74 Å². The lowest BCUT2D eigenvalue weighted by Crippen LogP contribution is -2.58. The van der Waals surface area contributed by atoms with Gasteiger partial charge in [-0.1, -0.05) is 0 Å². The second-order valence-electron chi connectivity index (χ2n) is 4.95. The molecule has 0 aromatic carbocycles. The largest absolute Gasteiger partial charge is 0.479 e. The van der Waals surface area contributed by atoms with Gasteiger partial charge in [-0.3, -0.25) is 0 Å². The first-order valence-corrected chi connectivity index (χ1v) is 6.37. The third kappa shape index (κ3) is 3.27. The fourth-order valence-electron chi connectivity index (χ4n) is 2.12. The summed E-state index contributed by atoms with van der Waals surface area (Å²) in [4.78, 5) is 27.1. The minimum absolute atomic E-state index is 0.00828. The molecular weight excluding hydrogens is 264 g/mol. The number of hydrogen-bond acceptors (Lipinski definition) is 4. The Kier molecular flexibility index (Phi) is 4.23. The van der Waals surface area contributed by atoms with Crippen LogP contribution >= 0.6 is 0 Å². The summed E-state index contributed by atoms with van der Waals surface area (Å²) in [6.07, 6.45) is 5.37. The number of carboxylic acids is 1. The normalized spacial score (nSPS) is 23.2. The van der Waals surface area contributed by atoms with E-state index in [9.17, 15) is 14.7 Å². The number of amides is 2. The molecule has 0 spiro atoms. The summed E-state index contributed by atoms with van der Waals surface area (Å²) in [5.41, 5.74) is -1.32. The van der Waals surface area contributed by atoms with E-state index in [0.29, 0.717) is 13.2 Å². The third-order valence-corrected chi connectivity index (χ3v) is 3.21. The van der Waals surface area contributed by atoms with Crippen LogP contribution in [0.25, 0.3) is 0 Å². The molecule has 2 heterocycles. The minimum atomic E-state index is -1.32. The second kappa shape index (κ2) is 5.91. The van der Waals surface area contributed by atoms with Crippen molar-refractivity contribution in [2.45, 2.75) is 31.5 Å². The zero-order valence-electron chi connectivity index (χ0n) is 11.2. The lowest BCUT2D eigenvalue weighted by Gasteiger charge is -2.25. The van der Waals surface area contributed by atoms with Gasteiger partial charge in [0.15, 0.2) is 5.54 Å². The van der Waals surface area contributed by atoms with Gasteiger partial charge in [-0.05, 0) is 6.92 Å². The van der Waals surface area contributed by atoms with Crippen molar-refractivity contribution < 1.29 is 19.4 Å². The van der Waals surface area contributed by atoms with E-state index in [1.54, 1.807) is 18.7 Å². The molecule has 2 amide bonds. The highest BCUT2D eigenvalue weighted by molar-refractivity contribution is 5.86. The molecule has 2 unspecified atom stereocenters. The van der Waals surface area contributed by atoms with Gasteiger partial charge in [-0.25, -0.2) is 14.6 Å². The van der Waals surface area contributed by atoms with Crippen molar-refractivity contribution in [2.75, 3.05) is 13.2 Å². The monoisotopic (exact) mass is 282 g/mol. The van der Waals surface area contributed by atoms with E-state index < -0.39 is 17.5 Å². The minimum Gasteiger partial charge on any atom is -0.479 e. The summed E-state index contributed by atoms with van der Waals surface area (Å²) >= 11 is 0. The van der Waals surface area contributed by atoms with Crippen molar-refractivity contribution in [3.05, 3.63) is 18.7 Å². The summed E-state index contributed by atoms with van der Waals surface area (Å²) in [5.74, 6) is -1.08. The molecule has 0 aliphatic carbocycles. The number of ether oxygens (including phenoxy) is 1. The molecule has 110 valence electrons. The van der Waals surface area contributed by atoms with Crippen LogP contribution in [0.15, 0.2) is 18.7 Å². The molecule has 8 nitrogen and oxygen atoms in total. The molecule has 0 radical (unpaired) electrons. The maximum absolute atomic E-state index is 11.9. The second-order valence-corrected chi connectivity index (χ2v) is 4.95. The van der Waals surface area contributed by atoms with Crippen LogP contribution in [0.1, 0.15) is 13.3 Å². The molecule has 0 bridgehead atoms. The maximum atomic E-state index is 11.9. The highest BCUT2D eigenvalue weighted by Crippen LogP contribution is 2.18. The SMILES string of the molecule is CC(Cn1ccnc1)NC(=O)NC1(C(=O)O)CCOC1. The Hall–Kier alpha value is -2.09. The van der Waals surface area contributed by atoms with E-state index in [1.807, 2.05) is 11.5 Å². The van der Waals surface area contributed by atoms with Gasteiger partial charge in [0.2, 0.25) is 0 Å². The van der Waals surface area contributed by atoms with Crippen LogP contribution in [0.2, 0.25) is 0 Å². The van der Waals surface area contributed by atoms with Crippen molar-refractivity contribution in [3.63, 3.8) is 0 Å². The average Bonchev–Trinajstić information content (AvgIpc) is 3.00. The fourth-order valence-corrected chi connectivity index (χ4v) is 2.12. The lowest BCUT2D eigenvalue weighted by atomic mass is 9.99. The highest BCUT2D eigenvalue weighted by atomic mass is 16.5. The van der Waals surface area contributed by atoms with Crippen LogP contribution in [0.5, 0.6) is 0 Å². The van der Waals surface area contributed by atoms with E-state index in [1.165, 1.54) is 0 Å². The van der Waals surface area contributed by atoms with Crippen molar-refractivity contribution in [2.24, 2.45) is 0 Å². The Morgan fingerprint density at radius 3 is 2.95 bits per heavy atom. The van der Waals surface area contributed by atoms with Gasteiger partial charge in [0.05, 0.1) is 12.9 Å². The van der Waals surface area contributed by atoms with Crippen molar-refractivity contribution in [1.82, 2.24) is 20.2 Å². The first kappa shape index (κ1) is 14.3. The van der Waals surface area contributed by atoms with Crippen molar-refractivity contribution in [1.29, 1.82) is 0 Å². The molecule has 1 fully saturated rings. The Balaban J connectivity index is 1.86. The van der Waals surface area contributed by atoms with Gasteiger partial charge in [-0.15, -0.1) is 0 Å². The Morgan fingerprint density at radius 2 is 2.40 bits per heavy atom. The predicted octanol–water partition coefficient (Wildman–Crippen LogP) is -0.185. The van der Waals surface area contributed by atoms with E-state index in [0.717, 1.165) is 0 Å². The number of rotatable bonds is 5. The number of aromatic nitrogens is 2. The quantitative estimate of drug-likeness (QED) is 0.694. The van der Waals surface area contributed by atoms with Gasteiger partial charge in [-0.2, -0.15) is 0 Å². The highest BCUT2D eigenvalue weighted by Gasteiger charge is 2.44. The van der Waals surface area contributed by atoms with Gasteiger partial charge in [0.25, 0.3) is 0 Å². The Morgan fingerprint density at radius 1 is 1.60 bits per heavy atom. The lowest BCUT2D eigenvalue weighted by molar-refractivity contribution is -0.144. The zero-order valence-corrected chi connectivity index (χ0v) is 11.2. The van der Waals surface area contributed by atoms with Crippen molar-refractivity contribution in [3.8, 4) is 0 Å². The van der Waals surface area contributed by atoms with Gasteiger partial charge >= 0.3 is 12.0 Å². The van der Waals surface area contributed by atoms with E-state index >= 15 is 0 Å². The molecule has 1 aliphatic rings. The fraction of sp³-hybridized carbons (Fsp3) is 0.583. The topological polar surface area (TPSA) is 105 Å². The van der Waals surface area contributed by atoms with Crippen LogP contribution in [-0.2, 0) is 16.1 Å². The summed E-state index contributed by atoms with van der Waals surface area (Å²) < 4.78 is 6.91. The van der Waals surface area contributed by atoms with Crippen LogP contribution in [0, 0.1) is 0 Å². The number of hydrogen-bond donors (Lipinski definition) is 3. The molecule has 3 N–H and O–H groups in total. The standard InChI is InChI=1S/C12H18N4O4/c1-9(6-16-4-3-13-8-16)14-11(19)15-12(10(17)18)2-5-20-7-12/h3-4,8-9H,2,5-7H2,1H3,(H,17,18)(H2,14,15,19). The first-order chi connectivity index (χ1) is 9.52. The van der Waals surface area contributed by atoms with E-state index in [2.05, 4.69) is 15.6 Å². The molecular formula is C12H18N4O4.